The predicted octanol–water partition coefficient (Wildman–Crippen LogP) is 4.19. The van der Waals surface area contributed by atoms with Gasteiger partial charge in [-0.3, -0.25) is 9.69 Å². The Hall–Kier alpha value is -2.99. The lowest BCUT2D eigenvalue weighted by Crippen LogP contribution is -2.51. The van der Waals surface area contributed by atoms with Crippen LogP contribution in [0.5, 0.6) is 0 Å². The SMILES string of the molecule is CC(C)N1CCN(C(=O)c2cc(-c3cnc(-c4ccccc4)nc3)cn2CC2CC2)CC1. The van der Waals surface area contributed by atoms with E-state index in [0.717, 1.165) is 55.1 Å². The minimum absolute atomic E-state index is 0.141. The Morgan fingerprint density at radius 2 is 1.66 bits per heavy atom. The zero-order valence-corrected chi connectivity index (χ0v) is 18.9. The third-order valence-corrected chi connectivity index (χ3v) is 6.62. The van der Waals surface area contributed by atoms with E-state index < -0.39 is 0 Å². The van der Waals surface area contributed by atoms with E-state index in [1.165, 1.54) is 12.8 Å². The van der Waals surface area contributed by atoms with Gasteiger partial charge in [-0.1, -0.05) is 30.3 Å². The van der Waals surface area contributed by atoms with Gasteiger partial charge in [0.1, 0.15) is 5.69 Å². The van der Waals surface area contributed by atoms with Crippen molar-refractivity contribution in [2.24, 2.45) is 5.92 Å². The molecule has 32 heavy (non-hydrogen) atoms. The van der Waals surface area contributed by atoms with Crippen molar-refractivity contribution < 1.29 is 4.79 Å². The lowest BCUT2D eigenvalue weighted by Gasteiger charge is -2.37. The molecule has 3 heterocycles. The molecule has 5 rings (SSSR count). The molecule has 1 saturated heterocycles. The Labute approximate surface area is 189 Å². The molecule has 1 saturated carbocycles. The van der Waals surface area contributed by atoms with Gasteiger partial charge < -0.3 is 9.47 Å². The second kappa shape index (κ2) is 8.87. The van der Waals surface area contributed by atoms with Crippen molar-refractivity contribution >= 4 is 5.91 Å². The highest BCUT2D eigenvalue weighted by atomic mass is 16.2. The first kappa shape index (κ1) is 20.9. The van der Waals surface area contributed by atoms with Gasteiger partial charge in [-0.2, -0.15) is 0 Å². The van der Waals surface area contributed by atoms with E-state index in [0.29, 0.717) is 17.8 Å². The molecule has 6 nitrogen and oxygen atoms in total. The normalized spacial score (nSPS) is 17.2. The van der Waals surface area contributed by atoms with Crippen LogP contribution in [0.25, 0.3) is 22.5 Å². The summed E-state index contributed by atoms with van der Waals surface area (Å²) in [6.07, 6.45) is 8.34. The summed E-state index contributed by atoms with van der Waals surface area (Å²) >= 11 is 0. The quantitative estimate of drug-likeness (QED) is 0.590. The Morgan fingerprint density at radius 3 is 2.28 bits per heavy atom. The monoisotopic (exact) mass is 429 g/mol. The van der Waals surface area contributed by atoms with Gasteiger partial charge in [-0.05, 0) is 38.7 Å². The van der Waals surface area contributed by atoms with Crippen LogP contribution in [0.3, 0.4) is 0 Å². The molecule has 3 aromatic rings. The minimum Gasteiger partial charge on any atom is -0.343 e. The first-order valence-electron chi connectivity index (χ1n) is 11.7. The minimum atomic E-state index is 0.141. The average Bonchev–Trinajstić information content (AvgIpc) is 3.56. The molecule has 2 fully saturated rings. The number of hydrogen-bond donors (Lipinski definition) is 0. The van der Waals surface area contributed by atoms with E-state index in [2.05, 4.69) is 39.5 Å². The number of hydrogen-bond acceptors (Lipinski definition) is 4. The smallest absolute Gasteiger partial charge is 0.270 e. The first-order valence-corrected chi connectivity index (χ1v) is 11.7. The van der Waals surface area contributed by atoms with Crippen LogP contribution < -0.4 is 0 Å². The zero-order valence-electron chi connectivity index (χ0n) is 18.9. The summed E-state index contributed by atoms with van der Waals surface area (Å²) in [6.45, 7) is 8.80. The molecule has 0 atom stereocenters. The molecule has 0 radical (unpaired) electrons. The number of aromatic nitrogens is 3. The molecule has 1 aliphatic carbocycles. The van der Waals surface area contributed by atoms with Gasteiger partial charge in [0, 0.05) is 74.0 Å². The van der Waals surface area contributed by atoms with Gasteiger partial charge in [0.15, 0.2) is 5.82 Å². The van der Waals surface area contributed by atoms with Crippen LogP contribution in [-0.4, -0.2) is 62.5 Å². The fraction of sp³-hybridized carbons (Fsp3) is 0.423. The van der Waals surface area contributed by atoms with Crippen LogP contribution in [-0.2, 0) is 6.54 Å². The topological polar surface area (TPSA) is 54.3 Å². The largest absolute Gasteiger partial charge is 0.343 e. The number of carbonyl (C=O) groups excluding carboxylic acids is 1. The maximum Gasteiger partial charge on any atom is 0.270 e. The van der Waals surface area contributed by atoms with Crippen molar-refractivity contribution in [3.63, 3.8) is 0 Å². The van der Waals surface area contributed by atoms with Crippen molar-refractivity contribution in [3.05, 3.63) is 60.7 Å². The van der Waals surface area contributed by atoms with Crippen molar-refractivity contribution in [2.45, 2.75) is 39.3 Å². The van der Waals surface area contributed by atoms with Crippen LogP contribution in [0.2, 0.25) is 0 Å². The van der Waals surface area contributed by atoms with E-state index in [1.54, 1.807) is 0 Å². The molecule has 2 aliphatic rings. The van der Waals surface area contributed by atoms with Crippen molar-refractivity contribution in [1.82, 2.24) is 24.3 Å². The second-order valence-electron chi connectivity index (χ2n) is 9.29. The highest BCUT2D eigenvalue weighted by Crippen LogP contribution is 2.33. The molecule has 1 aromatic carbocycles. The number of amides is 1. The van der Waals surface area contributed by atoms with Crippen molar-refractivity contribution in [2.75, 3.05) is 26.2 Å². The van der Waals surface area contributed by atoms with Crippen LogP contribution in [0.1, 0.15) is 37.2 Å². The van der Waals surface area contributed by atoms with Crippen LogP contribution in [0.4, 0.5) is 0 Å². The number of benzene rings is 1. The van der Waals surface area contributed by atoms with Crippen molar-refractivity contribution in [3.8, 4) is 22.5 Å². The Balaban J connectivity index is 1.38. The van der Waals surface area contributed by atoms with Crippen LogP contribution >= 0.6 is 0 Å². The van der Waals surface area contributed by atoms with Crippen LogP contribution in [0, 0.1) is 5.92 Å². The summed E-state index contributed by atoms with van der Waals surface area (Å²) in [5.41, 5.74) is 3.74. The van der Waals surface area contributed by atoms with Crippen LogP contribution in [0.15, 0.2) is 55.0 Å². The molecule has 166 valence electrons. The summed E-state index contributed by atoms with van der Waals surface area (Å²) in [5.74, 6) is 1.55. The van der Waals surface area contributed by atoms with Gasteiger partial charge in [0.25, 0.3) is 5.91 Å². The maximum absolute atomic E-state index is 13.4. The standard InChI is InChI=1S/C26H31N5O/c1-19(2)29-10-12-30(13-11-29)26(32)24-14-22(18-31(24)17-20-8-9-20)23-15-27-25(28-16-23)21-6-4-3-5-7-21/h3-7,14-16,18-20H,8-13,17H2,1-2H3. The Bertz CT molecular complexity index is 1060. The third-order valence-electron chi connectivity index (χ3n) is 6.62. The summed E-state index contributed by atoms with van der Waals surface area (Å²) < 4.78 is 2.16. The summed E-state index contributed by atoms with van der Waals surface area (Å²) in [7, 11) is 0. The summed E-state index contributed by atoms with van der Waals surface area (Å²) in [5, 5.41) is 0. The lowest BCUT2D eigenvalue weighted by atomic mass is 10.1. The highest BCUT2D eigenvalue weighted by molar-refractivity contribution is 5.94. The van der Waals surface area contributed by atoms with Gasteiger partial charge >= 0.3 is 0 Å². The molecule has 6 heteroatoms. The Morgan fingerprint density at radius 1 is 0.969 bits per heavy atom. The molecule has 1 amide bonds. The molecular formula is C26H31N5O. The lowest BCUT2D eigenvalue weighted by molar-refractivity contribution is 0.0585. The van der Waals surface area contributed by atoms with Gasteiger partial charge in [-0.15, -0.1) is 0 Å². The second-order valence-corrected chi connectivity index (χ2v) is 9.29. The maximum atomic E-state index is 13.4. The number of nitrogens with zero attached hydrogens (tertiary/aromatic N) is 5. The van der Waals surface area contributed by atoms with E-state index in [4.69, 9.17) is 0 Å². The number of carbonyl (C=O) groups is 1. The Kier molecular flexibility index (Phi) is 5.79. The third kappa shape index (κ3) is 4.46. The molecule has 2 aromatic heterocycles. The van der Waals surface area contributed by atoms with Gasteiger partial charge in [-0.25, -0.2) is 9.97 Å². The zero-order chi connectivity index (χ0) is 22.1. The highest BCUT2D eigenvalue weighted by Gasteiger charge is 2.28. The van der Waals surface area contributed by atoms with E-state index >= 15 is 0 Å². The molecule has 1 aliphatic heterocycles. The molecule has 0 N–H and O–H groups in total. The molecule has 0 bridgehead atoms. The van der Waals surface area contributed by atoms with E-state index in [1.807, 2.05) is 53.7 Å². The van der Waals surface area contributed by atoms with E-state index in [9.17, 15) is 4.79 Å². The summed E-state index contributed by atoms with van der Waals surface area (Å²) in [4.78, 5) is 27.0. The van der Waals surface area contributed by atoms with Gasteiger partial charge in [0.2, 0.25) is 0 Å². The molecule has 0 spiro atoms. The first-order chi connectivity index (χ1) is 15.6. The summed E-state index contributed by atoms with van der Waals surface area (Å²) in [6, 6.07) is 12.5. The fourth-order valence-corrected chi connectivity index (χ4v) is 4.39. The van der Waals surface area contributed by atoms with Gasteiger partial charge in [0.05, 0.1) is 0 Å². The molecular weight excluding hydrogens is 398 g/mol. The van der Waals surface area contributed by atoms with E-state index in [-0.39, 0.29) is 5.91 Å². The number of rotatable bonds is 6. The average molecular weight is 430 g/mol. The predicted molar refractivity (Wildman–Crippen MR) is 126 cm³/mol. The number of piperazine rings is 1. The fourth-order valence-electron chi connectivity index (χ4n) is 4.39. The molecule has 0 unspecified atom stereocenters. The van der Waals surface area contributed by atoms with Crippen molar-refractivity contribution in [1.29, 1.82) is 0 Å².